The minimum atomic E-state index is -0.178. The number of hydrogen-bond donors (Lipinski definition) is 0. The number of allylic oxidation sites excluding steroid dienone is 1. The van der Waals surface area contributed by atoms with Crippen molar-refractivity contribution in [3.63, 3.8) is 0 Å². The fourth-order valence-electron chi connectivity index (χ4n) is 2.32. The van der Waals surface area contributed by atoms with E-state index in [2.05, 4.69) is 16.0 Å². The van der Waals surface area contributed by atoms with Crippen molar-refractivity contribution in [1.29, 1.82) is 5.26 Å². The van der Waals surface area contributed by atoms with Gasteiger partial charge in [-0.3, -0.25) is 14.7 Å². The van der Waals surface area contributed by atoms with Crippen LogP contribution in [-0.4, -0.2) is 15.9 Å². The van der Waals surface area contributed by atoms with Gasteiger partial charge in [0.15, 0.2) is 5.13 Å². The highest BCUT2D eigenvalue weighted by atomic mass is 35.5. The predicted octanol–water partition coefficient (Wildman–Crippen LogP) is 4.94. The highest BCUT2D eigenvalue weighted by Crippen LogP contribution is 2.31. The van der Waals surface area contributed by atoms with Crippen LogP contribution in [0.1, 0.15) is 18.3 Å². The van der Waals surface area contributed by atoms with Gasteiger partial charge >= 0.3 is 0 Å². The number of pyridine rings is 1. The fraction of sp³-hybridized carbons (Fsp3) is 0.0526. The molecular formula is C19H13ClN4OS. The zero-order chi connectivity index (χ0) is 18.5. The Bertz CT molecular complexity index is 1010. The maximum atomic E-state index is 12.1. The second kappa shape index (κ2) is 7.91. The number of amides is 1. The minimum Gasteiger partial charge on any atom is -0.274 e. The number of carbonyl (C=O) groups is 1. The first-order chi connectivity index (χ1) is 12.6. The van der Waals surface area contributed by atoms with Gasteiger partial charge < -0.3 is 0 Å². The third-order valence-electron chi connectivity index (χ3n) is 3.44. The molecule has 26 heavy (non-hydrogen) atoms. The maximum Gasteiger partial charge on any atom is 0.230 e. The molecule has 7 heteroatoms. The van der Waals surface area contributed by atoms with E-state index in [9.17, 15) is 10.1 Å². The molecule has 0 unspecified atom stereocenters. The van der Waals surface area contributed by atoms with E-state index in [1.165, 1.54) is 23.2 Å². The Labute approximate surface area is 159 Å². The molecule has 0 fully saturated rings. The lowest BCUT2D eigenvalue weighted by Gasteiger charge is -2.18. The van der Waals surface area contributed by atoms with Gasteiger partial charge in [0.25, 0.3) is 0 Å². The average molecular weight is 381 g/mol. The summed E-state index contributed by atoms with van der Waals surface area (Å²) in [7, 11) is 0. The summed E-state index contributed by atoms with van der Waals surface area (Å²) in [4.78, 5) is 22.3. The van der Waals surface area contributed by atoms with Gasteiger partial charge in [0, 0.05) is 23.5 Å². The lowest BCUT2D eigenvalue weighted by atomic mass is 10.1. The zero-order valence-corrected chi connectivity index (χ0v) is 15.3. The van der Waals surface area contributed by atoms with Crippen LogP contribution in [0.3, 0.4) is 0 Å². The molecule has 128 valence electrons. The number of benzene rings is 1. The second-order valence-corrected chi connectivity index (χ2v) is 6.55. The summed E-state index contributed by atoms with van der Waals surface area (Å²) in [5.74, 6) is -0.178. The molecular weight excluding hydrogens is 368 g/mol. The van der Waals surface area contributed by atoms with Crippen molar-refractivity contribution in [1.82, 2.24) is 9.97 Å². The van der Waals surface area contributed by atoms with Crippen LogP contribution in [0.15, 0.2) is 54.0 Å². The quantitative estimate of drug-likeness (QED) is 0.601. The van der Waals surface area contributed by atoms with Gasteiger partial charge in [-0.25, -0.2) is 4.98 Å². The minimum absolute atomic E-state index is 0.178. The van der Waals surface area contributed by atoms with Gasteiger partial charge in [0.2, 0.25) is 5.91 Å². The smallest absolute Gasteiger partial charge is 0.230 e. The van der Waals surface area contributed by atoms with E-state index in [1.54, 1.807) is 54.1 Å². The van der Waals surface area contributed by atoms with E-state index in [-0.39, 0.29) is 5.91 Å². The van der Waals surface area contributed by atoms with Gasteiger partial charge in [0.05, 0.1) is 22.6 Å². The first kappa shape index (κ1) is 17.8. The normalized spacial score (nSPS) is 11.0. The molecule has 3 aromatic rings. The van der Waals surface area contributed by atoms with Crippen LogP contribution in [0, 0.1) is 11.3 Å². The lowest BCUT2D eigenvalue weighted by Crippen LogP contribution is -2.22. The molecule has 5 nitrogen and oxygen atoms in total. The van der Waals surface area contributed by atoms with Gasteiger partial charge in [-0.2, -0.15) is 5.26 Å². The second-order valence-electron chi connectivity index (χ2n) is 5.27. The summed E-state index contributed by atoms with van der Waals surface area (Å²) in [6, 6.07) is 14.5. The maximum absolute atomic E-state index is 12.1. The van der Waals surface area contributed by atoms with E-state index < -0.39 is 0 Å². The molecule has 0 saturated heterocycles. The SMILES string of the molecule is CC(=O)N(c1cccc(Cl)c1)c1nc(/C=C(\C#N)c2ccccn2)cs1. The Balaban J connectivity index is 1.96. The summed E-state index contributed by atoms with van der Waals surface area (Å²) in [5.41, 5.74) is 2.20. The molecule has 2 aromatic heterocycles. The van der Waals surface area contributed by atoms with Crippen molar-refractivity contribution in [2.45, 2.75) is 6.92 Å². The van der Waals surface area contributed by atoms with E-state index in [0.717, 1.165) is 0 Å². The first-order valence-corrected chi connectivity index (χ1v) is 8.89. The Morgan fingerprint density at radius 1 is 1.31 bits per heavy atom. The number of anilines is 2. The molecule has 0 aliphatic heterocycles. The van der Waals surface area contributed by atoms with Crippen LogP contribution < -0.4 is 4.90 Å². The first-order valence-electron chi connectivity index (χ1n) is 7.63. The summed E-state index contributed by atoms with van der Waals surface area (Å²) >= 11 is 7.35. The molecule has 0 aliphatic carbocycles. The number of rotatable bonds is 4. The van der Waals surface area contributed by atoms with Gasteiger partial charge in [-0.1, -0.05) is 23.7 Å². The van der Waals surface area contributed by atoms with E-state index in [0.29, 0.717) is 32.8 Å². The molecule has 0 spiro atoms. The molecule has 1 amide bonds. The van der Waals surface area contributed by atoms with E-state index in [4.69, 9.17) is 11.6 Å². The molecule has 0 atom stereocenters. The van der Waals surface area contributed by atoms with Crippen molar-refractivity contribution < 1.29 is 4.79 Å². The van der Waals surface area contributed by atoms with Crippen molar-refractivity contribution in [3.8, 4) is 6.07 Å². The van der Waals surface area contributed by atoms with Crippen LogP contribution in [0.25, 0.3) is 11.6 Å². The summed E-state index contributed by atoms with van der Waals surface area (Å²) in [6.45, 7) is 1.46. The fourth-order valence-corrected chi connectivity index (χ4v) is 3.35. The zero-order valence-electron chi connectivity index (χ0n) is 13.8. The number of nitrogens with zero attached hydrogens (tertiary/aromatic N) is 4. The van der Waals surface area contributed by atoms with E-state index >= 15 is 0 Å². The number of aromatic nitrogens is 2. The molecule has 1 aromatic carbocycles. The molecule has 0 aliphatic rings. The molecule has 0 bridgehead atoms. The molecule has 3 rings (SSSR count). The monoisotopic (exact) mass is 380 g/mol. The van der Waals surface area contributed by atoms with Gasteiger partial charge in [-0.15, -0.1) is 11.3 Å². The average Bonchev–Trinajstić information content (AvgIpc) is 3.08. The summed E-state index contributed by atoms with van der Waals surface area (Å²) < 4.78 is 0. The number of halogens is 1. The van der Waals surface area contributed by atoms with Crippen LogP contribution in [0.2, 0.25) is 5.02 Å². The highest BCUT2D eigenvalue weighted by molar-refractivity contribution is 7.14. The standard InChI is InChI=1S/C19H13ClN4OS/c1-13(25)24(17-6-4-5-15(20)10-17)19-23-16(12-26-19)9-14(11-21)18-7-2-3-8-22-18/h2-10,12H,1H3/b14-9+. The molecule has 0 radical (unpaired) electrons. The Hall–Kier alpha value is -3.01. The van der Waals surface area contributed by atoms with Gasteiger partial charge in [-0.05, 0) is 36.4 Å². The van der Waals surface area contributed by atoms with Crippen LogP contribution in [0.5, 0.6) is 0 Å². The van der Waals surface area contributed by atoms with Crippen molar-refractivity contribution in [3.05, 3.63) is 70.5 Å². The van der Waals surface area contributed by atoms with Gasteiger partial charge in [0.1, 0.15) is 6.07 Å². The van der Waals surface area contributed by atoms with Crippen molar-refractivity contribution >= 4 is 51.3 Å². The van der Waals surface area contributed by atoms with Crippen LogP contribution in [0.4, 0.5) is 10.8 Å². The Kier molecular flexibility index (Phi) is 5.42. The topological polar surface area (TPSA) is 69.9 Å². The van der Waals surface area contributed by atoms with Crippen LogP contribution >= 0.6 is 22.9 Å². The van der Waals surface area contributed by atoms with E-state index in [1.807, 2.05) is 6.07 Å². The van der Waals surface area contributed by atoms with Crippen molar-refractivity contribution in [2.24, 2.45) is 0 Å². The Morgan fingerprint density at radius 2 is 2.15 bits per heavy atom. The number of carbonyl (C=O) groups excluding carboxylic acids is 1. The third kappa shape index (κ3) is 3.97. The predicted molar refractivity (Wildman–Crippen MR) is 104 cm³/mol. The largest absolute Gasteiger partial charge is 0.274 e. The molecule has 2 heterocycles. The van der Waals surface area contributed by atoms with Crippen molar-refractivity contribution in [2.75, 3.05) is 4.90 Å². The summed E-state index contributed by atoms with van der Waals surface area (Å²) in [6.07, 6.45) is 3.28. The number of hydrogen-bond acceptors (Lipinski definition) is 5. The van der Waals surface area contributed by atoms with Crippen LogP contribution in [-0.2, 0) is 4.79 Å². The number of thiazole rings is 1. The molecule has 0 saturated carbocycles. The Morgan fingerprint density at radius 3 is 2.81 bits per heavy atom. The highest BCUT2D eigenvalue weighted by Gasteiger charge is 2.18. The third-order valence-corrected chi connectivity index (χ3v) is 4.52. The number of nitriles is 1. The molecule has 0 N–H and O–H groups in total. The summed E-state index contributed by atoms with van der Waals surface area (Å²) in [5, 5.41) is 12.2. The lowest BCUT2D eigenvalue weighted by molar-refractivity contribution is -0.115.